The van der Waals surface area contributed by atoms with Gasteiger partial charge in [0.25, 0.3) is 0 Å². The predicted octanol–water partition coefficient (Wildman–Crippen LogP) is 3.61. The van der Waals surface area contributed by atoms with E-state index < -0.39 is 0 Å². The highest BCUT2D eigenvalue weighted by molar-refractivity contribution is 6.30. The Kier molecular flexibility index (Phi) is 5.20. The van der Waals surface area contributed by atoms with Gasteiger partial charge in [0.15, 0.2) is 0 Å². The molecule has 1 atom stereocenters. The maximum atomic E-state index is 13.1. The van der Waals surface area contributed by atoms with Crippen molar-refractivity contribution in [2.45, 2.75) is 38.8 Å². The Morgan fingerprint density at radius 3 is 2.68 bits per heavy atom. The van der Waals surface area contributed by atoms with Crippen LogP contribution in [-0.2, 0) is 0 Å². The van der Waals surface area contributed by atoms with Crippen molar-refractivity contribution in [1.82, 2.24) is 10.2 Å². The van der Waals surface area contributed by atoms with Crippen molar-refractivity contribution >= 4 is 11.6 Å². The quantitative estimate of drug-likeness (QED) is 0.908. The van der Waals surface area contributed by atoms with Gasteiger partial charge in [0.2, 0.25) is 0 Å². The third-order valence-electron chi connectivity index (χ3n) is 3.96. The van der Waals surface area contributed by atoms with Gasteiger partial charge in [-0.15, -0.1) is 0 Å². The van der Waals surface area contributed by atoms with Crippen molar-refractivity contribution in [2.75, 3.05) is 19.6 Å². The molecule has 1 unspecified atom stereocenters. The second-order valence-corrected chi connectivity index (χ2v) is 5.68. The summed E-state index contributed by atoms with van der Waals surface area (Å²) in [6.07, 6.45) is 2.35. The van der Waals surface area contributed by atoms with Crippen molar-refractivity contribution in [3.05, 3.63) is 34.6 Å². The Hall–Kier alpha value is -0.640. The van der Waals surface area contributed by atoms with Crippen molar-refractivity contribution < 1.29 is 4.39 Å². The standard InChI is InChI=1S/C15H22ClFN2/c1-3-19-8-6-13(7-9-19)18-11(2)12-4-5-15(17)14(16)10-12/h4-5,10-11,13,18H,3,6-9H2,1-2H3. The first-order valence-corrected chi connectivity index (χ1v) is 7.41. The van der Waals surface area contributed by atoms with Gasteiger partial charge in [0, 0.05) is 12.1 Å². The summed E-state index contributed by atoms with van der Waals surface area (Å²) in [4.78, 5) is 2.47. The number of nitrogens with zero attached hydrogens (tertiary/aromatic N) is 1. The Morgan fingerprint density at radius 2 is 2.11 bits per heavy atom. The molecule has 1 heterocycles. The van der Waals surface area contributed by atoms with E-state index in [2.05, 4.69) is 24.1 Å². The van der Waals surface area contributed by atoms with Crippen molar-refractivity contribution in [2.24, 2.45) is 0 Å². The lowest BCUT2D eigenvalue weighted by Crippen LogP contribution is -2.43. The molecule has 1 aliphatic heterocycles. The summed E-state index contributed by atoms with van der Waals surface area (Å²) < 4.78 is 13.1. The summed E-state index contributed by atoms with van der Waals surface area (Å²) in [6, 6.07) is 5.71. The lowest BCUT2D eigenvalue weighted by molar-refractivity contribution is 0.200. The van der Waals surface area contributed by atoms with E-state index in [1.165, 1.54) is 18.9 Å². The molecule has 4 heteroatoms. The molecule has 0 spiro atoms. The molecule has 1 saturated heterocycles. The molecule has 0 amide bonds. The fraction of sp³-hybridized carbons (Fsp3) is 0.600. The highest BCUT2D eigenvalue weighted by Crippen LogP contribution is 2.22. The largest absolute Gasteiger partial charge is 0.307 e. The summed E-state index contributed by atoms with van der Waals surface area (Å²) in [5.74, 6) is -0.353. The Labute approximate surface area is 119 Å². The second-order valence-electron chi connectivity index (χ2n) is 5.27. The van der Waals surface area contributed by atoms with Gasteiger partial charge in [-0.05, 0) is 57.1 Å². The number of benzene rings is 1. The van der Waals surface area contributed by atoms with Gasteiger partial charge in [0.05, 0.1) is 5.02 Å². The molecule has 1 aromatic carbocycles. The topological polar surface area (TPSA) is 15.3 Å². The van der Waals surface area contributed by atoms with Gasteiger partial charge in [-0.3, -0.25) is 0 Å². The molecular weight excluding hydrogens is 263 g/mol. The smallest absolute Gasteiger partial charge is 0.141 e. The number of rotatable bonds is 4. The number of piperidine rings is 1. The van der Waals surface area contributed by atoms with Crippen molar-refractivity contribution in [1.29, 1.82) is 0 Å². The molecule has 0 aromatic heterocycles. The van der Waals surface area contributed by atoms with E-state index in [1.807, 2.05) is 0 Å². The Balaban J connectivity index is 1.90. The zero-order chi connectivity index (χ0) is 13.8. The SMILES string of the molecule is CCN1CCC(NC(C)c2ccc(F)c(Cl)c2)CC1. The molecule has 1 fully saturated rings. The molecular formula is C15H22ClFN2. The van der Waals surface area contributed by atoms with Gasteiger partial charge in [0.1, 0.15) is 5.82 Å². The fourth-order valence-corrected chi connectivity index (χ4v) is 2.84. The molecule has 1 N–H and O–H groups in total. The first-order chi connectivity index (χ1) is 9.10. The molecule has 1 aromatic rings. The molecule has 0 bridgehead atoms. The number of nitrogens with one attached hydrogen (secondary N) is 1. The lowest BCUT2D eigenvalue weighted by Gasteiger charge is -2.33. The second kappa shape index (κ2) is 6.69. The molecule has 106 valence electrons. The molecule has 2 nitrogen and oxygen atoms in total. The van der Waals surface area contributed by atoms with Crippen LogP contribution in [0, 0.1) is 5.82 Å². The van der Waals surface area contributed by atoms with Gasteiger partial charge in [-0.25, -0.2) is 4.39 Å². The van der Waals surface area contributed by atoms with E-state index in [9.17, 15) is 4.39 Å². The molecule has 0 radical (unpaired) electrons. The Bertz CT molecular complexity index is 417. The summed E-state index contributed by atoms with van der Waals surface area (Å²) in [7, 11) is 0. The predicted molar refractivity (Wildman–Crippen MR) is 78.1 cm³/mol. The average molecular weight is 285 g/mol. The zero-order valence-corrected chi connectivity index (χ0v) is 12.4. The van der Waals surface area contributed by atoms with Gasteiger partial charge < -0.3 is 10.2 Å². The number of hydrogen-bond acceptors (Lipinski definition) is 2. The van der Waals surface area contributed by atoms with Crippen LogP contribution in [0.4, 0.5) is 4.39 Å². The monoisotopic (exact) mass is 284 g/mol. The third kappa shape index (κ3) is 3.91. The molecule has 0 aliphatic carbocycles. The van der Waals surface area contributed by atoms with E-state index in [0.29, 0.717) is 6.04 Å². The highest BCUT2D eigenvalue weighted by Gasteiger charge is 2.20. The van der Waals surface area contributed by atoms with Gasteiger partial charge in [-0.1, -0.05) is 24.6 Å². The maximum Gasteiger partial charge on any atom is 0.141 e. The van der Waals surface area contributed by atoms with E-state index in [4.69, 9.17) is 11.6 Å². The first-order valence-electron chi connectivity index (χ1n) is 7.03. The molecule has 19 heavy (non-hydrogen) atoms. The summed E-state index contributed by atoms with van der Waals surface area (Å²) in [5.41, 5.74) is 1.05. The van der Waals surface area contributed by atoms with Crippen molar-refractivity contribution in [3.63, 3.8) is 0 Å². The summed E-state index contributed by atoms with van der Waals surface area (Å²) in [5, 5.41) is 3.82. The van der Waals surface area contributed by atoms with Crippen LogP contribution in [0.2, 0.25) is 5.02 Å². The summed E-state index contributed by atoms with van der Waals surface area (Å²) >= 11 is 5.83. The highest BCUT2D eigenvalue weighted by atomic mass is 35.5. The number of likely N-dealkylation sites (tertiary alicyclic amines) is 1. The Morgan fingerprint density at radius 1 is 1.42 bits per heavy atom. The van der Waals surface area contributed by atoms with Gasteiger partial charge in [-0.2, -0.15) is 0 Å². The summed E-state index contributed by atoms with van der Waals surface area (Å²) in [6.45, 7) is 7.76. The van der Waals surface area contributed by atoms with Crippen molar-refractivity contribution in [3.8, 4) is 0 Å². The van der Waals surface area contributed by atoms with Crippen LogP contribution in [0.1, 0.15) is 38.3 Å². The first kappa shape index (κ1) is 14.8. The minimum Gasteiger partial charge on any atom is -0.307 e. The number of halogens is 2. The van der Waals surface area contributed by atoms with Crippen LogP contribution in [0.3, 0.4) is 0 Å². The van der Waals surface area contributed by atoms with Crippen LogP contribution in [0.15, 0.2) is 18.2 Å². The fourth-order valence-electron chi connectivity index (χ4n) is 2.65. The van der Waals surface area contributed by atoms with E-state index >= 15 is 0 Å². The van der Waals surface area contributed by atoms with Crippen LogP contribution < -0.4 is 5.32 Å². The van der Waals surface area contributed by atoms with E-state index in [1.54, 1.807) is 12.1 Å². The van der Waals surface area contributed by atoms with Crippen LogP contribution in [0.5, 0.6) is 0 Å². The zero-order valence-electron chi connectivity index (χ0n) is 11.6. The van der Waals surface area contributed by atoms with Crippen LogP contribution in [-0.4, -0.2) is 30.6 Å². The normalized spacial score (nSPS) is 19.6. The average Bonchev–Trinajstić information content (AvgIpc) is 2.42. The minimum absolute atomic E-state index is 0.201. The number of hydrogen-bond donors (Lipinski definition) is 1. The molecule has 1 aliphatic rings. The van der Waals surface area contributed by atoms with Gasteiger partial charge >= 0.3 is 0 Å². The van der Waals surface area contributed by atoms with E-state index in [0.717, 1.165) is 25.2 Å². The molecule has 0 saturated carbocycles. The lowest BCUT2D eigenvalue weighted by atomic mass is 10.0. The van der Waals surface area contributed by atoms with E-state index in [-0.39, 0.29) is 16.9 Å². The molecule has 2 rings (SSSR count). The third-order valence-corrected chi connectivity index (χ3v) is 4.25. The van der Waals surface area contributed by atoms with Crippen LogP contribution in [0.25, 0.3) is 0 Å². The minimum atomic E-state index is -0.353. The van der Waals surface area contributed by atoms with Crippen LogP contribution >= 0.6 is 11.6 Å². The maximum absolute atomic E-state index is 13.1.